The van der Waals surface area contributed by atoms with Crippen molar-refractivity contribution in [1.29, 1.82) is 0 Å². The van der Waals surface area contributed by atoms with Crippen LogP contribution in [0.5, 0.6) is 0 Å². The standard InChI is InChI=1S/C16H13NO3S.Mg.2H/c18-21(19,20)15-11-5-7-12-6-4-10-14(16(12)15)17-13-8-2-1-3-9-13;;;/h1-11,17H,(H,18,19,20);;;/q;+2;2*-1. The molecule has 3 rings (SSSR count). The summed E-state index contributed by atoms with van der Waals surface area (Å²) < 4.78 is 32.6. The van der Waals surface area contributed by atoms with Gasteiger partial charge in [-0.05, 0) is 29.7 Å². The molecule has 0 fully saturated rings. The first-order valence-electron chi connectivity index (χ1n) is 6.37. The Morgan fingerprint density at radius 2 is 1.50 bits per heavy atom. The number of nitrogens with one attached hydrogen (secondary N) is 1. The Bertz CT molecular complexity index is 900. The van der Waals surface area contributed by atoms with Gasteiger partial charge in [-0.25, -0.2) is 0 Å². The van der Waals surface area contributed by atoms with Crippen LogP contribution in [0.1, 0.15) is 2.85 Å². The fraction of sp³-hybridized carbons (Fsp3) is 0. The Kier molecular flexibility index (Phi) is 5.07. The molecule has 0 aliphatic heterocycles. The van der Waals surface area contributed by atoms with Crippen molar-refractivity contribution in [2.45, 2.75) is 4.90 Å². The summed E-state index contributed by atoms with van der Waals surface area (Å²) in [4.78, 5) is -0.0981. The van der Waals surface area contributed by atoms with Crippen LogP contribution in [0.25, 0.3) is 10.8 Å². The molecule has 0 bridgehead atoms. The third-order valence-corrected chi connectivity index (χ3v) is 4.09. The number of hydrogen-bond acceptors (Lipinski definition) is 3. The van der Waals surface area contributed by atoms with Crippen LogP contribution in [-0.2, 0) is 10.1 Å². The molecular formula is C16H15MgNO3S. The van der Waals surface area contributed by atoms with Gasteiger partial charge in [0.05, 0.1) is 0 Å². The Hall–Kier alpha value is -1.60. The van der Waals surface area contributed by atoms with Gasteiger partial charge in [-0.15, -0.1) is 0 Å². The molecule has 3 aromatic rings. The van der Waals surface area contributed by atoms with E-state index in [1.807, 2.05) is 36.4 Å². The van der Waals surface area contributed by atoms with Crippen molar-refractivity contribution in [2.24, 2.45) is 0 Å². The monoisotopic (exact) mass is 325 g/mol. The SMILES string of the molecule is O=S(=O)(O)c1cccc2cccc(Nc3ccccc3)c12.[H-].[H-].[Mg+2]. The summed E-state index contributed by atoms with van der Waals surface area (Å²) in [5, 5.41) is 4.40. The minimum Gasteiger partial charge on any atom is -1.00 e. The minimum atomic E-state index is -4.28. The Labute approximate surface area is 148 Å². The van der Waals surface area contributed by atoms with E-state index in [1.54, 1.807) is 24.3 Å². The Morgan fingerprint density at radius 3 is 2.14 bits per heavy atom. The maximum Gasteiger partial charge on any atom is 2.00 e. The third-order valence-electron chi connectivity index (χ3n) is 3.20. The molecule has 0 aliphatic carbocycles. The molecule has 2 N–H and O–H groups in total. The first-order chi connectivity index (χ1) is 10.1. The van der Waals surface area contributed by atoms with Crippen LogP contribution in [0.15, 0.2) is 71.6 Å². The predicted octanol–water partition coefficient (Wildman–Crippen LogP) is 3.67. The first kappa shape index (κ1) is 16.8. The van der Waals surface area contributed by atoms with E-state index >= 15 is 0 Å². The fourth-order valence-corrected chi connectivity index (χ4v) is 3.04. The average Bonchev–Trinajstić information content (AvgIpc) is 2.47. The van der Waals surface area contributed by atoms with E-state index in [4.69, 9.17) is 0 Å². The summed E-state index contributed by atoms with van der Waals surface area (Å²) in [7, 11) is -4.28. The van der Waals surface area contributed by atoms with Crippen LogP contribution in [0, 0.1) is 0 Å². The van der Waals surface area contributed by atoms with Crippen LogP contribution in [0.4, 0.5) is 11.4 Å². The van der Waals surface area contributed by atoms with Gasteiger partial charge in [-0.1, -0.05) is 42.5 Å². The summed E-state index contributed by atoms with van der Waals surface area (Å²) in [6.45, 7) is 0. The van der Waals surface area contributed by atoms with Crippen molar-refractivity contribution in [3.8, 4) is 0 Å². The van der Waals surface area contributed by atoms with E-state index in [2.05, 4.69) is 5.32 Å². The zero-order chi connectivity index (χ0) is 14.9. The third kappa shape index (κ3) is 3.41. The molecule has 0 unspecified atom stereocenters. The summed E-state index contributed by atoms with van der Waals surface area (Å²) in [6.07, 6.45) is 0. The van der Waals surface area contributed by atoms with Crippen molar-refractivity contribution in [3.05, 3.63) is 66.7 Å². The topological polar surface area (TPSA) is 66.4 Å². The van der Waals surface area contributed by atoms with E-state index < -0.39 is 10.1 Å². The number of hydrogen-bond donors (Lipinski definition) is 2. The number of para-hydroxylation sites is 1. The second-order valence-corrected chi connectivity index (χ2v) is 6.02. The van der Waals surface area contributed by atoms with Gasteiger partial charge < -0.3 is 8.17 Å². The molecule has 3 aromatic carbocycles. The number of anilines is 2. The van der Waals surface area contributed by atoms with E-state index in [9.17, 15) is 13.0 Å². The molecule has 0 aliphatic rings. The summed E-state index contributed by atoms with van der Waals surface area (Å²) >= 11 is 0. The number of rotatable bonds is 3. The fourth-order valence-electron chi connectivity index (χ4n) is 2.30. The van der Waals surface area contributed by atoms with E-state index in [1.165, 1.54) is 6.07 Å². The molecule has 0 saturated carbocycles. The van der Waals surface area contributed by atoms with E-state index in [-0.39, 0.29) is 30.8 Å². The summed E-state index contributed by atoms with van der Waals surface area (Å²) in [5.41, 5.74) is 1.47. The number of benzene rings is 3. The van der Waals surface area contributed by atoms with Crippen LogP contribution < -0.4 is 5.32 Å². The molecule has 110 valence electrons. The Balaban J connectivity index is 0.00000176. The van der Waals surface area contributed by atoms with Gasteiger partial charge in [-0.3, -0.25) is 4.55 Å². The van der Waals surface area contributed by atoms with Crippen LogP contribution in [0.2, 0.25) is 0 Å². The van der Waals surface area contributed by atoms with Gasteiger partial charge in [0.2, 0.25) is 0 Å². The van der Waals surface area contributed by atoms with Crippen molar-refractivity contribution >= 4 is 55.3 Å². The van der Waals surface area contributed by atoms with Gasteiger partial charge in [0, 0.05) is 16.8 Å². The van der Waals surface area contributed by atoms with Crippen LogP contribution in [0.3, 0.4) is 0 Å². The summed E-state index contributed by atoms with van der Waals surface area (Å²) in [5.74, 6) is 0. The molecule has 6 heteroatoms. The van der Waals surface area contributed by atoms with Gasteiger partial charge >= 0.3 is 23.1 Å². The van der Waals surface area contributed by atoms with Crippen molar-refractivity contribution in [3.63, 3.8) is 0 Å². The average molecular weight is 326 g/mol. The number of fused-ring (bicyclic) bond motifs is 1. The molecule has 22 heavy (non-hydrogen) atoms. The molecule has 0 spiro atoms. The quantitative estimate of drug-likeness (QED) is 0.569. The van der Waals surface area contributed by atoms with Gasteiger partial charge in [0.15, 0.2) is 0 Å². The van der Waals surface area contributed by atoms with Gasteiger partial charge in [0.1, 0.15) is 4.90 Å². The zero-order valence-corrected chi connectivity index (χ0v) is 14.0. The van der Waals surface area contributed by atoms with Crippen LogP contribution >= 0.6 is 0 Å². The maximum absolute atomic E-state index is 11.6. The Morgan fingerprint density at radius 1 is 0.864 bits per heavy atom. The molecule has 4 nitrogen and oxygen atoms in total. The molecule has 0 heterocycles. The van der Waals surface area contributed by atoms with E-state index in [0.29, 0.717) is 11.1 Å². The largest absolute Gasteiger partial charge is 2.00 e. The second kappa shape index (κ2) is 6.66. The molecule has 0 aromatic heterocycles. The zero-order valence-electron chi connectivity index (χ0n) is 13.7. The molecule has 0 saturated heterocycles. The molecule has 0 amide bonds. The van der Waals surface area contributed by atoms with E-state index in [0.717, 1.165) is 11.1 Å². The maximum atomic E-state index is 11.6. The normalized spacial score (nSPS) is 11.0. The van der Waals surface area contributed by atoms with Gasteiger partial charge in [0.25, 0.3) is 10.1 Å². The smallest absolute Gasteiger partial charge is 1.00 e. The molecular weight excluding hydrogens is 311 g/mol. The predicted molar refractivity (Wildman–Crippen MR) is 91.5 cm³/mol. The minimum absolute atomic E-state index is 0. The molecule has 0 atom stereocenters. The molecule has 0 radical (unpaired) electrons. The van der Waals surface area contributed by atoms with Crippen molar-refractivity contribution < 1.29 is 15.8 Å². The summed E-state index contributed by atoms with van der Waals surface area (Å²) in [6, 6.07) is 19.7. The first-order valence-corrected chi connectivity index (χ1v) is 7.81. The van der Waals surface area contributed by atoms with Crippen LogP contribution in [-0.4, -0.2) is 36.0 Å². The second-order valence-electron chi connectivity index (χ2n) is 4.63. The van der Waals surface area contributed by atoms with Crippen molar-refractivity contribution in [1.82, 2.24) is 0 Å². The van der Waals surface area contributed by atoms with Crippen molar-refractivity contribution in [2.75, 3.05) is 5.32 Å². The van der Waals surface area contributed by atoms with Gasteiger partial charge in [-0.2, -0.15) is 8.42 Å².